The Morgan fingerprint density at radius 1 is 1.28 bits per heavy atom. The predicted octanol–water partition coefficient (Wildman–Crippen LogP) is 2.50. The predicted molar refractivity (Wildman–Crippen MR) is 56.5 cm³/mol. The molecular formula is C12H10F4O2. The quantitative estimate of drug-likeness (QED) is 0.670. The third-order valence-corrected chi connectivity index (χ3v) is 1.89. The standard InChI is InChI=1S/C12H10F4O2/c13-10-4-3-9(2-1-6-17)8-11(10)18-7-5-12(14,15)16/h3-4,8,17H,5-7H2. The van der Waals surface area contributed by atoms with Crippen LogP contribution in [0.1, 0.15) is 12.0 Å². The number of alkyl halides is 3. The maximum atomic E-state index is 13.2. The van der Waals surface area contributed by atoms with Crippen molar-refractivity contribution in [1.82, 2.24) is 0 Å². The molecule has 0 aromatic heterocycles. The van der Waals surface area contributed by atoms with Gasteiger partial charge in [-0.05, 0) is 18.2 Å². The number of rotatable bonds is 3. The fourth-order valence-corrected chi connectivity index (χ4v) is 1.11. The van der Waals surface area contributed by atoms with E-state index in [2.05, 4.69) is 11.8 Å². The van der Waals surface area contributed by atoms with Gasteiger partial charge in [0.05, 0.1) is 13.0 Å². The minimum atomic E-state index is -4.34. The van der Waals surface area contributed by atoms with E-state index < -0.39 is 25.0 Å². The van der Waals surface area contributed by atoms with Crippen LogP contribution in [0.2, 0.25) is 0 Å². The average molecular weight is 262 g/mol. The van der Waals surface area contributed by atoms with Gasteiger partial charge in [0.1, 0.15) is 6.61 Å². The van der Waals surface area contributed by atoms with E-state index in [1.54, 1.807) is 0 Å². The lowest BCUT2D eigenvalue weighted by Gasteiger charge is -2.09. The number of aliphatic hydroxyl groups is 1. The van der Waals surface area contributed by atoms with Crippen LogP contribution >= 0.6 is 0 Å². The molecule has 0 aliphatic heterocycles. The van der Waals surface area contributed by atoms with Gasteiger partial charge in [0.25, 0.3) is 0 Å². The van der Waals surface area contributed by atoms with Crippen LogP contribution in [0.3, 0.4) is 0 Å². The molecule has 1 aromatic rings. The smallest absolute Gasteiger partial charge is 0.392 e. The molecule has 0 unspecified atom stereocenters. The first-order chi connectivity index (χ1) is 8.42. The first-order valence-corrected chi connectivity index (χ1v) is 5.01. The van der Waals surface area contributed by atoms with E-state index in [1.165, 1.54) is 12.1 Å². The molecular weight excluding hydrogens is 252 g/mol. The molecule has 0 amide bonds. The monoisotopic (exact) mass is 262 g/mol. The van der Waals surface area contributed by atoms with E-state index in [1.807, 2.05) is 0 Å². The fourth-order valence-electron chi connectivity index (χ4n) is 1.11. The summed E-state index contributed by atoms with van der Waals surface area (Å²) in [7, 11) is 0. The zero-order valence-corrected chi connectivity index (χ0v) is 9.22. The molecule has 2 nitrogen and oxygen atoms in total. The Balaban J connectivity index is 2.69. The highest BCUT2D eigenvalue weighted by Crippen LogP contribution is 2.22. The van der Waals surface area contributed by atoms with Crippen LogP contribution in [0.15, 0.2) is 18.2 Å². The third-order valence-electron chi connectivity index (χ3n) is 1.89. The molecule has 0 aliphatic carbocycles. The van der Waals surface area contributed by atoms with Crippen LogP contribution in [-0.2, 0) is 0 Å². The first-order valence-electron chi connectivity index (χ1n) is 5.01. The molecule has 0 atom stereocenters. The number of hydrogen-bond acceptors (Lipinski definition) is 2. The lowest BCUT2D eigenvalue weighted by Crippen LogP contribution is -2.13. The Labute approximate surface area is 101 Å². The summed E-state index contributed by atoms with van der Waals surface area (Å²) in [6.07, 6.45) is -5.50. The maximum Gasteiger partial charge on any atom is 0.392 e. The first kappa shape index (κ1) is 14.3. The molecule has 0 spiro atoms. The Bertz CT molecular complexity index is 457. The van der Waals surface area contributed by atoms with Crippen LogP contribution in [0, 0.1) is 17.7 Å². The van der Waals surface area contributed by atoms with Crippen molar-refractivity contribution < 1.29 is 27.4 Å². The van der Waals surface area contributed by atoms with Gasteiger partial charge in [-0.25, -0.2) is 4.39 Å². The van der Waals surface area contributed by atoms with Gasteiger partial charge in [-0.2, -0.15) is 13.2 Å². The fraction of sp³-hybridized carbons (Fsp3) is 0.333. The number of benzene rings is 1. The van der Waals surface area contributed by atoms with Gasteiger partial charge < -0.3 is 9.84 Å². The molecule has 0 fully saturated rings. The second-order valence-electron chi connectivity index (χ2n) is 3.32. The van der Waals surface area contributed by atoms with Gasteiger partial charge in [-0.15, -0.1) is 0 Å². The zero-order chi connectivity index (χ0) is 13.6. The maximum absolute atomic E-state index is 13.2. The van der Waals surface area contributed by atoms with Crippen molar-refractivity contribution in [3.05, 3.63) is 29.6 Å². The van der Waals surface area contributed by atoms with Crippen LogP contribution in [-0.4, -0.2) is 24.5 Å². The molecule has 98 valence electrons. The van der Waals surface area contributed by atoms with Crippen molar-refractivity contribution in [3.63, 3.8) is 0 Å². The molecule has 1 rings (SSSR count). The molecule has 0 heterocycles. The van der Waals surface area contributed by atoms with Crippen molar-refractivity contribution in [3.8, 4) is 17.6 Å². The molecule has 1 aromatic carbocycles. The molecule has 18 heavy (non-hydrogen) atoms. The Hall–Kier alpha value is -1.74. The highest BCUT2D eigenvalue weighted by Gasteiger charge is 2.27. The summed E-state index contributed by atoms with van der Waals surface area (Å²) in [6.45, 7) is -1.01. The van der Waals surface area contributed by atoms with Crippen molar-refractivity contribution in [2.45, 2.75) is 12.6 Å². The van der Waals surface area contributed by atoms with Crippen LogP contribution < -0.4 is 4.74 Å². The third kappa shape index (κ3) is 5.06. The normalized spacial score (nSPS) is 10.7. The number of halogens is 4. The van der Waals surface area contributed by atoms with E-state index in [4.69, 9.17) is 9.84 Å². The van der Waals surface area contributed by atoms with E-state index in [9.17, 15) is 17.6 Å². The lowest BCUT2D eigenvalue weighted by atomic mass is 10.2. The minimum absolute atomic E-state index is 0.288. The summed E-state index contributed by atoms with van der Waals surface area (Å²) in [5.74, 6) is 3.79. The van der Waals surface area contributed by atoms with Crippen LogP contribution in [0.4, 0.5) is 17.6 Å². The van der Waals surface area contributed by atoms with Crippen molar-refractivity contribution in [2.24, 2.45) is 0 Å². The highest BCUT2D eigenvalue weighted by atomic mass is 19.4. The SMILES string of the molecule is OCC#Cc1ccc(F)c(OCCC(F)(F)F)c1. The second-order valence-corrected chi connectivity index (χ2v) is 3.32. The zero-order valence-electron chi connectivity index (χ0n) is 9.22. The summed E-state index contributed by atoms with van der Waals surface area (Å²) in [4.78, 5) is 0. The topological polar surface area (TPSA) is 29.5 Å². The summed E-state index contributed by atoms with van der Waals surface area (Å²) >= 11 is 0. The summed E-state index contributed by atoms with van der Waals surface area (Å²) in [6, 6.07) is 3.58. The van der Waals surface area contributed by atoms with Gasteiger partial charge in [0.15, 0.2) is 11.6 Å². The molecule has 6 heteroatoms. The van der Waals surface area contributed by atoms with Crippen molar-refractivity contribution >= 4 is 0 Å². The molecule has 0 saturated heterocycles. The van der Waals surface area contributed by atoms with E-state index in [0.29, 0.717) is 5.56 Å². The minimum Gasteiger partial charge on any atom is -0.490 e. The average Bonchev–Trinajstić information content (AvgIpc) is 2.28. The summed E-state index contributed by atoms with van der Waals surface area (Å²) in [5, 5.41) is 8.48. The Morgan fingerprint density at radius 2 is 2.00 bits per heavy atom. The van der Waals surface area contributed by atoms with E-state index >= 15 is 0 Å². The van der Waals surface area contributed by atoms with Crippen molar-refractivity contribution in [2.75, 3.05) is 13.2 Å². The van der Waals surface area contributed by atoms with Gasteiger partial charge in [-0.3, -0.25) is 0 Å². The Kier molecular flexibility index (Phi) is 4.98. The largest absolute Gasteiger partial charge is 0.490 e. The molecule has 0 bridgehead atoms. The van der Waals surface area contributed by atoms with Gasteiger partial charge in [-0.1, -0.05) is 11.8 Å². The van der Waals surface area contributed by atoms with Crippen molar-refractivity contribution in [1.29, 1.82) is 0 Å². The van der Waals surface area contributed by atoms with Crippen LogP contribution in [0.5, 0.6) is 5.75 Å². The second kappa shape index (κ2) is 6.26. The highest BCUT2D eigenvalue weighted by molar-refractivity contribution is 5.40. The van der Waals surface area contributed by atoms with E-state index in [-0.39, 0.29) is 12.4 Å². The summed E-state index contributed by atoms with van der Waals surface area (Å²) < 4.78 is 53.6. The van der Waals surface area contributed by atoms with E-state index in [0.717, 1.165) is 6.07 Å². The number of hydrogen-bond donors (Lipinski definition) is 1. The molecule has 0 radical (unpaired) electrons. The van der Waals surface area contributed by atoms with Gasteiger partial charge in [0.2, 0.25) is 0 Å². The molecule has 0 saturated carbocycles. The Morgan fingerprint density at radius 3 is 2.61 bits per heavy atom. The molecule has 1 N–H and O–H groups in total. The summed E-state index contributed by atoms with van der Waals surface area (Å²) in [5.41, 5.74) is 0.354. The number of ether oxygens (including phenoxy) is 1. The molecule has 0 aliphatic rings. The lowest BCUT2D eigenvalue weighted by molar-refractivity contribution is -0.139. The van der Waals surface area contributed by atoms with Crippen LogP contribution in [0.25, 0.3) is 0 Å². The van der Waals surface area contributed by atoms with Gasteiger partial charge in [0, 0.05) is 5.56 Å². The van der Waals surface area contributed by atoms with Gasteiger partial charge >= 0.3 is 6.18 Å². The number of aliphatic hydroxyl groups excluding tert-OH is 1.